The number of ketones is 1. The Morgan fingerprint density at radius 2 is 0.929 bits per heavy atom. The third-order valence-corrected chi connectivity index (χ3v) is 4.10. The summed E-state index contributed by atoms with van der Waals surface area (Å²) < 4.78 is 31.2. The summed E-state index contributed by atoms with van der Waals surface area (Å²) in [6, 6.07) is 2.62. The molecule has 2 N–H and O–H groups in total. The predicted molar refractivity (Wildman–Crippen MR) is 99.0 cm³/mol. The van der Waals surface area contributed by atoms with Crippen LogP contribution >= 0.6 is 0 Å². The summed E-state index contributed by atoms with van der Waals surface area (Å²) in [7, 11) is 7.97. The molecule has 9 heteroatoms. The summed E-state index contributed by atoms with van der Waals surface area (Å²) in [5.41, 5.74) is 0.0594. The van der Waals surface area contributed by atoms with Crippen LogP contribution in [0.5, 0.6) is 46.0 Å². The second-order valence-corrected chi connectivity index (χ2v) is 5.41. The van der Waals surface area contributed by atoms with Crippen molar-refractivity contribution in [2.75, 3.05) is 42.7 Å². The molecule has 9 nitrogen and oxygen atoms in total. The topological polar surface area (TPSA) is 113 Å². The van der Waals surface area contributed by atoms with Crippen molar-refractivity contribution >= 4 is 5.78 Å². The van der Waals surface area contributed by atoms with E-state index >= 15 is 0 Å². The van der Waals surface area contributed by atoms with E-state index in [-0.39, 0.29) is 57.1 Å². The van der Waals surface area contributed by atoms with Crippen molar-refractivity contribution in [1.29, 1.82) is 0 Å². The zero-order chi connectivity index (χ0) is 21.0. The van der Waals surface area contributed by atoms with Crippen molar-refractivity contribution in [3.05, 3.63) is 23.3 Å². The van der Waals surface area contributed by atoms with Gasteiger partial charge >= 0.3 is 0 Å². The number of phenols is 2. The minimum atomic E-state index is -0.568. The summed E-state index contributed by atoms with van der Waals surface area (Å²) in [6.45, 7) is 0. The lowest BCUT2D eigenvalue weighted by Crippen LogP contribution is -2.09. The average Bonchev–Trinajstić information content (AvgIpc) is 2.72. The van der Waals surface area contributed by atoms with E-state index in [2.05, 4.69) is 0 Å². The Hall–Kier alpha value is -3.49. The average molecular weight is 394 g/mol. The van der Waals surface area contributed by atoms with Gasteiger partial charge in [0, 0.05) is 0 Å². The van der Waals surface area contributed by atoms with Gasteiger partial charge in [-0.05, 0) is 12.1 Å². The molecule has 0 spiro atoms. The number of hydrogen-bond donors (Lipinski definition) is 2. The molecule has 0 aliphatic heterocycles. The highest BCUT2D eigenvalue weighted by molar-refractivity contribution is 6.14. The molecule has 2 rings (SSSR count). The van der Waals surface area contributed by atoms with Gasteiger partial charge in [0.1, 0.15) is 0 Å². The van der Waals surface area contributed by atoms with Crippen LogP contribution in [-0.4, -0.2) is 58.7 Å². The molecule has 0 aromatic heterocycles. The summed E-state index contributed by atoms with van der Waals surface area (Å²) in [4.78, 5) is 13.4. The van der Waals surface area contributed by atoms with E-state index in [1.807, 2.05) is 0 Å². The Kier molecular flexibility index (Phi) is 6.29. The Morgan fingerprint density at radius 3 is 1.18 bits per heavy atom. The highest BCUT2D eigenvalue weighted by Gasteiger charge is 2.30. The van der Waals surface area contributed by atoms with E-state index in [1.54, 1.807) is 0 Å². The predicted octanol–water partition coefficient (Wildman–Crippen LogP) is 2.38. The zero-order valence-corrected chi connectivity index (χ0v) is 16.4. The van der Waals surface area contributed by atoms with Gasteiger partial charge in [-0.15, -0.1) is 0 Å². The van der Waals surface area contributed by atoms with Gasteiger partial charge in [0.25, 0.3) is 0 Å². The molecule has 2 aromatic rings. The molecule has 0 aliphatic carbocycles. The molecule has 0 amide bonds. The maximum atomic E-state index is 13.4. The van der Waals surface area contributed by atoms with Crippen molar-refractivity contribution in [3.63, 3.8) is 0 Å². The summed E-state index contributed by atoms with van der Waals surface area (Å²) in [5, 5.41) is 20.5. The number of hydrogen-bond acceptors (Lipinski definition) is 9. The standard InChI is InChI=1S/C19H22O9/c1-23-11-7-9(16(25-3)18(27-5)14(11)21)13(20)10-8-12(24-2)15(22)19(28-6)17(10)26-4/h7-8,21-22H,1-6H3. The van der Waals surface area contributed by atoms with Gasteiger partial charge in [-0.2, -0.15) is 0 Å². The van der Waals surface area contributed by atoms with Crippen LogP contribution in [0.2, 0.25) is 0 Å². The van der Waals surface area contributed by atoms with Crippen molar-refractivity contribution in [1.82, 2.24) is 0 Å². The number of rotatable bonds is 8. The SMILES string of the molecule is COc1cc(C(=O)c2cc(OC)c(O)c(OC)c2OC)c(OC)c(OC)c1O. The number of methoxy groups -OCH3 is 6. The van der Waals surface area contributed by atoms with Crippen LogP contribution in [-0.2, 0) is 0 Å². The number of ether oxygens (including phenoxy) is 6. The molecule has 28 heavy (non-hydrogen) atoms. The van der Waals surface area contributed by atoms with Crippen LogP contribution in [0.25, 0.3) is 0 Å². The van der Waals surface area contributed by atoms with Gasteiger partial charge in [-0.3, -0.25) is 4.79 Å². The number of aromatic hydroxyl groups is 2. The number of carbonyl (C=O) groups excluding carboxylic acids is 1. The van der Waals surface area contributed by atoms with Crippen molar-refractivity contribution in [2.45, 2.75) is 0 Å². The first-order valence-electron chi connectivity index (χ1n) is 7.98. The van der Waals surface area contributed by atoms with Gasteiger partial charge in [0.05, 0.1) is 53.8 Å². The van der Waals surface area contributed by atoms with Gasteiger partial charge in [-0.1, -0.05) is 0 Å². The first-order valence-corrected chi connectivity index (χ1v) is 7.98. The molecule has 0 saturated carbocycles. The smallest absolute Gasteiger partial charge is 0.207 e. The molecule has 2 aromatic carbocycles. The summed E-state index contributed by atoms with van der Waals surface area (Å²) >= 11 is 0. The first kappa shape index (κ1) is 20.8. The second-order valence-electron chi connectivity index (χ2n) is 5.41. The number of carbonyl (C=O) groups is 1. The Morgan fingerprint density at radius 1 is 0.607 bits per heavy atom. The van der Waals surface area contributed by atoms with Gasteiger partial charge < -0.3 is 38.6 Å². The highest BCUT2D eigenvalue weighted by atomic mass is 16.5. The zero-order valence-electron chi connectivity index (χ0n) is 16.4. The Bertz CT molecular complexity index is 818. The normalized spacial score (nSPS) is 10.2. The van der Waals surface area contributed by atoms with Crippen molar-refractivity contribution in [3.8, 4) is 46.0 Å². The second kappa shape index (κ2) is 8.47. The lowest BCUT2D eigenvalue weighted by atomic mass is 9.99. The van der Waals surface area contributed by atoms with E-state index in [0.29, 0.717) is 0 Å². The Labute approximate surface area is 161 Å². The molecule has 0 unspecified atom stereocenters. The van der Waals surface area contributed by atoms with Crippen LogP contribution in [0.1, 0.15) is 15.9 Å². The lowest BCUT2D eigenvalue weighted by Gasteiger charge is -2.19. The summed E-state index contributed by atoms with van der Waals surface area (Å²) in [6.07, 6.45) is 0. The fourth-order valence-corrected chi connectivity index (χ4v) is 2.79. The Balaban J connectivity index is 2.83. The van der Waals surface area contributed by atoms with E-state index in [1.165, 1.54) is 54.8 Å². The minimum Gasteiger partial charge on any atom is -0.502 e. The van der Waals surface area contributed by atoms with E-state index < -0.39 is 5.78 Å². The van der Waals surface area contributed by atoms with E-state index in [9.17, 15) is 15.0 Å². The fraction of sp³-hybridized carbons (Fsp3) is 0.316. The maximum Gasteiger partial charge on any atom is 0.207 e. The van der Waals surface area contributed by atoms with Crippen molar-refractivity contribution in [2.24, 2.45) is 0 Å². The van der Waals surface area contributed by atoms with E-state index in [4.69, 9.17) is 28.4 Å². The summed E-state index contributed by atoms with van der Waals surface area (Å²) in [5.74, 6) is -1.31. The first-order chi connectivity index (χ1) is 13.4. The third-order valence-electron chi connectivity index (χ3n) is 4.10. The van der Waals surface area contributed by atoms with Crippen LogP contribution in [0.4, 0.5) is 0 Å². The van der Waals surface area contributed by atoms with Crippen LogP contribution < -0.4 is 28.4 Å². The molecular weight excluding hydrogens is 372 g/mol. The molecule has 0 atom stereocenters. The number of phenolic OH excluding ortho intramolecular Hbond substituents is 2. The molecule has 0 heterocycles. The van der Waals surface area contributed by atoms with Crippen LogP contribution in [0, 0.1) is 0 Å². The van der Waals surface area contributed by atoms with Crippen LogP contribution in [0.15, 0.2) is 12.1 Å². The highest BCUT2D eigenvalue weighted by Crippen LogP contribution is 2.49. The number of benzene rings is 2. The largest absolute Gasteiger partial charge is 0.502 e. The van der Waals surface area contributed by atoms with Gasteiger partial charge in [0.15, 0.2) is 23.0 Å². The maximum absolute atomic E-state index is 13.4. The quantitative estimate of drug-likeness (QED) is 0.652. The van der Waals surface area contributed by atoms with Crippen molar-refractivity contribution < 1.29 is 43.4 Å². The molecule has 0 fully saturated rings. The van der Waals surface area contributed by atoms with Crippen LogP contribution in [0.3, 0.4) is 0 Å². The lowest BCUT2D eigenvalue weighted by molar-refractivity contribution is 0.103. The van der Waals surface area contributed by atoms with Gasteiger partial charge in [-0.25, -0.2) is 0 Å². The minimum absolute atomic E-state index is 0.00105. The monoisotopic (exact) mass is 394 g/mol. The third kappa shape index (κ3) is 3.26. The molecule has 0 aliphatic rings. The molecule has 0 radical (unpaired) electrons. The van der Waals surface area contributed by atoms with Gasteiger partial charge in [0.2, 0.25) is 28.8 Å². The van der Waals surface area contributed by atoms with E-state index in [0.717, 1.165) is 0 Å². The molecule has 0 bridgehead atoms. The molecular formula is C19H22O9. The fourth-order valence-electron chi connectivity index (χ4n) is 2.79. The molecule has 152 valence electrons. The molecule has 0 saturated heterocycles.